The van der Waals surface area contributed by atoms with E-state index in [1.165, 1.54) is 4.90 Å². The maximum absolute atomic E-state index is 12.8. The number of amides is 1. The molecule has 24 heavy (non-hydrogen) atoms. The molecule has 0 bridgehead atoms. The molecule has 0 radical (unpaired) electrons. The topological polar surface area (TPSA) is 75.4 Å². The van der Waals surface area contributed by atoms with Crippen LogP contribution in [-0.2, 0) is 4.79 Å². The number of para-hydroxylation sites is 1. The zero-order valence-corrected chi connectivity index (χ0v) is 14.0. The molecule has 126 valence electrons. The van der Waals surface area contributed by atoms with Gasteiger partial charge in [0.15, 0.2) is 5.69 Å². The number of hydrogen-bond donors (Lipinski definition) is 1. The second-order valence-electron chi connectivity index (χ2n) is 5.91. The van der Waals surface area contributed by atoms with Crippen LogP contribution in [0, 0.1) is 6.92 Å². The fourth-order valence-electron chi connectivity index (χ4n) is 3.00. The van der Waals surface area contributed by atoms with Crippen LogP contribution in [0.5, 0.6) is 0 Å². The highest BCUT2D eigenvalue weighted by Crippen LogP contribution is 2.23. The minimum atomic E-state index is -0.966. The molecule has 1 aromatic heterocycles. The highest BCUT2D eigenvalue weighted by atomic mass is 35.5. The van der Waals surface area contributed by atoms with Crippen molar-refractivity contribution in [3.63, 3.8) is 0 Å². The number of aryl methyl sites for hydroxylation is 1. The number of piperidine rings is 1. The summed E-state index contributed by atoms with van der Waals surface area (Å²) in [6, 6.07) is 6.44. The average Bonchev–Trinajstić information content (AvgIpc) is 2.96. The number of carbonyl (C=O) groups is 2. The van der Waals surface area contributed by atoms with Crippen LogP contribution >= 0.6 is 11.6 Å². The van der Waals surface area contributed by atoms with Crippen molar-refractivity contribution in [1.29, 1.82) is 0 Å². The first-order valence-corrected chi connectivity index (χ1v) is 8.22. The Morgan fingerprint density at radius 2 is 2.04 bits per heavy atom. The van der Waals surface area contributed by atoms with E-state index in [4.69, 9.17) is 11.6 Å². The summed E-state index contributed by atoms with van der Waals surface area (Å²) in [6.45, 7) is 2.22. The van der Waals surface area contributed by atoms with Gasteiger partial charge in [-0.3, -0.25) is 4.79 Å². The minimum absolute atomic E-state index is 0.267. The first-order valence-electron chi connectivity index (χ1n) is 7.84. The maximum atomic E-state index is 12.8. The third-order valence-electron chi connectivity index (χ3n) is 4.25. The highest BCUT2D eigenvalue weighted by molar-refractivity contribution is 6.32. The maximum Gasteiger partial charge on any atom is 0.326 e. The van der Waals surface area contributed by atoms with E-state index in [0.717, 1.165) is 12.8 Å². The largest absolute Gasteiger partial charge is 0.480 e. The Bertz CT molecular complexity index is 787. The second kappa shape index (κ2) is 6.65. The van der Waals surface area contributed by atoms with Crippen molar-refractivity contribution in [1.82, 2.24) is 14.7 Å². The molecule has 2 aromatic rings. The van der Waals surface area contributed by atoms with Gasteiger partial charge in [0.25, 0.3) is 5.91 Å². The van der Waals surface area contributed by atoms with Gasteiger partial charge in [0.05, 0.1) is 10.7 Å². The predicted octanol–water partition coefficient (Wildman–Crippen LogP) is 2.91. The first kappa shape index (κ1) is 16.5. The molecule has 3 rings (SSSR count). The molecule has 1 aliphatic rings. The van der Waals surface area contributed by atoms with E-state index in [1.54, 1.807) is 23.9 Å². The van der Waals surface area contributed by atoms with Crippen molar-refractivity contribution in [3.05, 3.63) is 46.7 Å². The lowest BCUT2D eigenvalue weighted by molar-refractivity contribution is -0.143. The summed E-state index contributed by atoms with van der Waals surface area (Å²) < 4.78 is 1.56. The number of carboxylic acids is 1. The number of hydrogen-bond acceptors (Lipinski definition) is 3. The van der Waals surface area contributed by atoms with Crippen molar-refractivity contribution >= 4 is 23.5 Å². The molecule has 1 N–H and O–H groups in total. The number of benzene rings is 1. The molecule has 1 aliphatic heterocycles. The van der Waals surface area contributed by atoms with E-state index < -0.39 is 12.0 Å². The third-order valence-corrected chi connectivity index (χ3v) is 4.57. The van der Waals surface area contributed by atoms with Crippen molar-refractivity contribution in [2.75, 3.05) is 6.54 Å². The van der Waals surface area contributed by atoms with Crippen molar-refractivity contribution in [3.8, 4) is 5.69 Å². The van der Waals surface area contributed by atoms with E-state index >= 15 is 0 Å². The number of aromatic nitrogens is 2. The van der Waals surface area contributed by atoms with E-state index in [1.807, 2.05) is 18.2 Å². The standard InChI is InChI=1S/C17H18ClN3O3/c1-11-10-21(13-7-3-2-6-12(13)18)19-15(11)16(22)20-9-5-4-8-14(20)17(23)24/h2-3,6-7,10,14H,4-5,8-9H2,1H3,(H,23,24)/t14-/m1/s1. The lowest BCUT2D eigenvalue weighted by atomic mass is 10.0. The van der Waals surface area contributed by atoms with Crippen LogP contribution < -0.4 is 0 Å². The molecule has 1 fully saturated rings. The van der Waals surface area contributed by atoms with Crippen LogP contribution in [-0.4, -0.2) is 44.3 Å². The Labute approximate surface area is 144 Å². The molecule has 0 aliphatic carbocycles. The molecule has 1 atom stereocenters. The van der Waals surface area contributed by atoms with Crippen LogP contribution in [0.15, 0.2) is 30.5 Å². The molecule has 1 aromatic carbocycles. The summed E-state index contributed by atoms with van der Waals surface area (Å²) in [7, 11) is 0. The quantitative estimate of drug-likeness (QED) is 0.926. The molecule has 6 nitrogen and oxygen atoms in total. The van der Waals surface area contributed by atoms with Gasteiger partial charge in [-0.05, 0) is 38.3 Å². The molecule has 7 heteroatoms. The summed E-state index contributed by atoms with van der Waals surface area (Å²) in [5, 5.41) is 14.2. The van der Waals surface area contributed by atoms with Gasteiger partial charge >= 0.3 is 5.97 Å². The van der Waals surface area contributed by atoms with Gasteiger partial charge in [-0.2, -0.15) is 5.10 Å². The Hall–Kier alpha value is -2.34. The van der Waals surface area contributed by atoms with Crippen LogP contribution in [0.1, 0.15) is 35.3 Å². The summed E-state index contributed by atoms with van der Waals surface area (Å²) in [5.41, 5.74) is 1.63. The van der Waals surface area contributed by atoms with Gasteiger partial charge in [-0.15, -0.1) is 0 Å². The van der Waals surface area contributed by atoms with E-state index in [-0.39, 0.29) is 11.6 Å². The van der Waals surface area contributed by atoms with Gasteiger partial charge in [0, 0.05) is 18.3 Å². The van der Waals surface area contributed by atoms with Crippen molar-refractivity contribution in [2.24, 2.45) is 0 Å². The Morgan fingerprint density at radius 3 is 2.75 bits per heavy atom. The zero-order valence-electron chi connectivity index (χ0n) is 13.3. The fraction of sp³-hybridized carbons (Fsp3) is 0.353. The highest BCUT2D eigenvalue weighted by Gasteiger charge is 2.34. The van der Waals surface area contributed by atoms with E-state index in [9.17, 15) is 14.7 Å². The fourth-order valence-corrected chi connectivity index (χ4v) is 3.22. The summed E-state index contributed by atoms with van der Waals surface area (Å²) >= 11 is 6.18. The number of aliphatic carboxylic acids is 1. The van der Waals surface area contributed by atoms with Gasteiger partial charge in [0.2, 0.25) is 0 Å². The average molecular weight is 348 g/mol. The monoisotopic (exact) mass is 347 g/mol. The Balaban J connectivity index is 1.93. The third kappa shape index (κ3) is 3.01. The normalized spacial score (nSPS) is 17.8. The van der Waals surface area contributed by atoms with Crippen molar-refractivity contribution in [2.45, 2.75) is 32.2 Å². The first-order chi connectivity index (χ1) is 11.5. The van der Waals surface area contributed by atoms with Crippen LogP contribution in [0.3, 0.4) is 0 Å². The van der Waals surface area contributed by atoms with E-state index in [2.05, 4.69) is 5.10 Å². The van der Waals surface area contributed by atoms with E-state index in [0.29, 0.717) is 29.2 Å². The number of carboxylic acid groups (broad SMARTS) is 1. The molecule has 0 spiro atoms. The summed E-state index contributed by atoms with van der Waals surface area (Å²) in [4.78, 5) is 25.7. The molecule has 0 unspecified atom stereocenters. The molecular formula is C17H18ClN3O3. The Kier molecular flexibility index (Phi) is 4.57. The smallest absolute Gasteiger partial charge is 0.326 e. The second-order valence-corrected chi connectivity index (χ2v) is 6.31. The SMILES string of the molecule is Cc1cn(-c2ccccc2Cl)nc1C(=O)N1CCCC[C@@H]1C(=O)O. The summed E-state index contributed by atoms with van der Waals surface area (Å²) in [5.74, 6) is -1.31. The zero-order chi connectivity index (χ0) is 17.3. The molecule has 0 saturated carbocycles. The Morgan fingerprint density at radius 1 is 1.29 bits per heavy atom. The number of nitrogens with zero attached hydrogens (tertiary/aromatic N) is 3. The molecule has 2 heterocycles. The van der Waals surface area contributed by atoms with Crippen LogP contribution in [0.2, 0.25) is 5.02 Å². The van der Waals surface area contributed by atoms with Crippen LogP contribution in [0.4, 0.5) is 0 Å². The van der Waals surface area contributed by atoms with Gasteiger partial charge < -0.3 is 10.0 Å². The number of rotatable bonds is 3. The van der Waals surface area contributed by atoms with Crippen molar-refractivity contribution < 1.29 is 14.7 Å². The van der Waals surface area contributed by atoms with Gasteiger partial charge in [0.1, 0.15) is 6.04 Å². The summed E-state index contributed by atoms with van der Waals surface area (Å²) in [6.07, 6.45) is 3.83. The van der Waals surface area contributed by atoms with Gasteiger partial charge in [-0.1, -0.05) is 23.7 Å². The van der Waals surface area contributed by atoms with Gasteiger partial charge in [-0.25, -0.2) is 9.48 Å². The van der Waals surface area contributed by atoms with Crippen LogP contribution in [0.25, 0.3) is 5.69 Å². The predicted molar refractivity (Wildman–Crippen MR) is 89.6 cm³/mol. The molecule has 1 saturated heterocycles. The lowest BCUT2D eigenvalue weighted by Crippen LogP contribution is -2.48. The number of carbonyl (C=O) groups excluding carboxylic acids is 1. The lowest BCUT2D eigenvalue weighted by Gasteiger charge is -2.32. The molecular weight excluding hydrogens is 330 g/mol. The molecule has 1 amide bonds. The number of likely N-dealkylation sites (tertiary alicyclic amines) is 1. The number of halogens is 1. The minimum Gasteiger partial charge on any atom is -0.480 e.